The zero-order valence-corrected chi connectivity index (χ0v) is 9.53. The van der Waals surface area contributed by atoms with Crippen LogP contribution in [0.3, 0.4) is 0 Å². The predicted octanol–water partition coefficient (Wildman–Crippen LogP) is 3.15. The lowest BCUT2D eigenvalue weighted by Gasteiger charge is -1.89. The van der Waals surface area contributed by atoms with Crippen molar-refractivity contribution in [3.05, 3.63) is 36.0 Å². The summed E-state index contributed by atoms with van der Waals surface area (Å²) >= 11 is 1.37. The van der Waals surface area contributed by atoms with Crippen LogP contribution in [0, 0.1) is 6.92 Å². The van der Waals surface area contributed by atoms with E-state index in [1.165, 1.54) is 11.3 Å². The number of hydrogen-bond acceptors (Lipinski definition) is 6. The Morgan fingerprint density at radius 1 is 1.25 bits per heavy atom. The fraction of sp³-hybridized carbons (Fsp3) is 0.100. The zero-order valence-electron chi connectivity index (χ0n) is 8.71. The van der Waals surface area contributed by atoms with Crippen LogP contribution in [-0.2, 0) is 0 Å². The molecule has 0 spiro atoms. The molecule has 3 N–H and O–H groups in total. The molecule has 2 rings (SSSR count). The number of hydrazine groups is 1. The lowest BCUT2D eigenvalue weighted by atomic mass is 10.3. The number of aromatic nitrogens is 1. The predicted molar refractivity (Wildman–Crippen MR) is 65.3 cm³/mol. The van der Waals surface area contributed by atoms with Gasteiger partial charge in [0, 0.05) is 0 Å². The molecular weight excluding hydrogens is 222 g/mol. The summed E-state index contributed by atoms with van der Waals surface area (Å²) in [4.78, 5) is 4.17. The number of azo groups is 1. The van der Waals surface area contributed by atoms with E-state index in [9.17, 15) is 0 Å². The first-order chi connectivity index (χ1) is 7.79. The maximum absolute atomic E-state index is 5.26. The lowest BCUT2D eigenvalue weighted by molar-refractivity contribution is 1.18. The molecule has 1 aromatic carbocycles. The van der Waals surface area contributed by atoms with Crippen molar-refractivity contribution in [2.45, 2.75) is 6.92 Å². The molecule has 0 saturated carbocycles. The number of nitrogens with two attached hydrogens (primary N) is 1. The summed E-state index contributed by atoms with van der Waals surface area (Å²) < 4.78 is 0. The number of rotatable bonds is 3. The third kappa shape index (κ3) is 2.41. The van der Waals surface area contributed by atoms with Crippen molar-refractivity contribution in [2.75, 3.05) is 5.43 Å². The van der Waals surface area contributed by atoms with Crippen LogP contribution in [0.1, 0.15) is 5.69 Å². The van der Waals surface area contributed by atoms with E-state index in [-0.39, 0.29) is 0 Å². The molecule has 16 heavy (non-hydrogen) atoms. The number of nitrogens with one attached hydrogen (secondary N) is 1. The molecule has 0 radical (unpaired) electrons. The quantitative estimate of drug-likeness (QED) is 0.485. The van der Waals surface area contributed by atoms with Gasteiger partial charge in [-0.2, -0.15) is 0 Å². The maximum atomic E-state index is 5.26. The Hall–Kier alpha value is -1.79. The van der Waals surface area contributed by atoms with Crippen molar-refractivity contribution in [2.24, 2.45) is 16.1 Å². The Kier molecular flexibility index (Phi) is 3.23. The van der Waals surface area contributed by atoms with Gasteiger partial charge in [0.05, 0.1) is 11.4 Å². The molecule has 1 heterocycles. The molecule has 0 unspecified atom stereocenters. The highest BCUT2D eigenvalue weighted by Gasteiger charge is 2.04. The van der Waals surface area contributed by atoms with E-state index in [1.54, 1.807) is 0 Å². The van der Waals surface area contributed by atoms with Gasteiger partial charge in [0.1, 0.15) is 0 Å². The molecule has 2 aromatic rings. The summed E-state index contributed by atoms with van der Waals surface area (Å²) in [5, 5.41) is 9.64. The fourth-order valence-electron chi connectivity index (χ4n) is 1.14. The maximum Gasteiger partial charge on any atom is 0.199 e. The third-order valence-electron chi connectivity index (χ3n) is 1.91. The first kappa shape index (κ1) is 10.7. The van der Waals surface area contributed by atoms with Crippen molar-refractivity contribution in [1.29, 1.82) is 0 Å². The summed E-state index contributed by atoms with van der Waals surface area (Å²) in [6.45, 7) is 1.87. The zero-order chi connectivity index (χ0) is 11.4. The van der Waals surface area contributed by atoms with Crippen LogP contribution in [0.4, 0.5) is 15.8 Å². The van der Waals surface area contributed by atoms with E-state index in [0.29, 0.717) is 5.13 Å². The normalized spacial score (nSPS) is 10.9. The van der Waals surface area contributed by atoms with Crippen LogP contribution < -0.4 is 11.3 Å². The van der Waals surface area contributed by atoms with E-state index < -0.39 is 0 Å². The summed E-state index contributed by atoms with van der Waals surface area (Å²) in [6.07, 6.45) is 0. The van der Waals surface area contributed by atoms with Crippen LogP contribution in [0.5, 0.6) is 0 Å². The topological polar surface area (TPSA) is 75.7 Å². The van der Waals surface area contributed by atoms with Gasteiger partial charge >= 0.3 is 0 Å². The average Bonchev–Trinajstić information content (AvgIpc) is 2.69. The number of thiazole rings is 1. The van der Waals surface area contributed by atoms with Crippen LogP contribution in [0.25, 0.3) is 0 Å². The first-order valence-corrected chi connectivity index (χ1v) is 5.52. The monoisotopic (exact) mass is 233 g/mol. The van der Waals surface area contributed by atoms with Crippen LogP contribution in [0.2, 0.25) is 0 Å². The minimum Gasteiger partial charge on any atom is -0.300 e. The van der Waals surface area contributed by atoms with Crippen molar-refractivity contribution < 1.29 is 0 Å². The van der Waals surface area contributed by atoms with E-state index >= 15 is 0 Å². The first-order valence-electron chi connectivity index (χ1n) is 4.70. The van der Waals surface area contributed by atoms with Gasteiger partial charge < -0.3 is 0 Å². The smallest absolute Gasteiger partial charge is 0.199 e. The SMILES string of the molecule is Cc1nc(NN)sc1N=Nc1ccccc1. The van der Waals surface area contributed by atoms with Gasteiger partial charge in [-0.3, -0.25) is 5.43 Å². The van der Waals surface area contributed by atoms with E-state index in [2.05, 4.69) is 20.6 Å². The molecule has 5 nitrogen and oxygen atoms in total. The van der Waals surface area contributed by atoms with Crippen molar-refractivity contribution in [1.82, 2.24) is 4.98 Å². The minimum atomic E-state index is 0.638. The van der Waals surface area contributed by atoms with Gasteiger partial charge in [-0.15, -0.1) is 10.2 Å². The van der Waals surface area contributed by atoms with Crippen molar-refractivity contribution >= 4 is 27.2 Å². The molecular formula is C10H11N5S. The van der Waals surface area contributed by atoms with Crippen LogP contribution in [0.15, 0.2) is 40.6 Å². The number of nitrogen functional groups attached to an aromatic ring is 1. The number of nitrogens with zero attached hydrogens (tertiary/aromatic N) is 3. The van der Waals surface area contributed by atoms with Crippen LogP contribution in [-0.4, -0.2) is 4.98 Å². The second-order valence-corrected chi connectivity index (χ2v) is 4.07. The highest BCUT2D eigenvalue weighted by Crippen LogP contribution is 2.31. The molecule has 0 aliphatic carbocycles. The molecule has 0 atom stereocenters. The molecule has 0 amide bonds. The second kappa shape index (κ2) is 4.82. The van der Waals surface area contributed by atoms with E-state index in [4.69, 9.17) is 5.84 Å². The van der Waals surface area contributed by atoms with Gasteiger partial charge in [-0.05, 0) is 19.1 Å². The summed E-state index contributed by atoms with van der Waals surface area (Å²) in [7, 11) is 0. The Morgan fingerprint density at radius 3 is 2.62 bits per heavy atom. The number of aryl methyl sites for hydroxylation is 1. The Bertz CT molecular complexity index is 491. The minimum absolute atomic E-state index is 0.638. The molecule has 6 heteroatoms. The lowest BCUT2D eigenvalue weighted by Crippen LogP contribution is -2.05. The molecule has 82 valence electrons. The van der Waals surface area contributed by atoms with Crippen LogP contribution >= 0.6 is 11.3 Å². The summed E-state index contributed by atoms with van der Waals surface area (Å²) in [5.41, 5.74) is 4.13. The van der Waals surface area contributed by atoms with E-state index in [1.807, 2.05) is 37.3 Å². The summed E-state index contributed by atoms with van der Waals surface area (Å²) in [6, 6.07) is 9.55. The molecule has 1 aromatic heterocycles. The highest BCUT2D eigenvalue weighted by molar-refractivity contribution is 7.19. The standard InChI is InChI=1S/C10H11N5S/c1-7-9(16-10(12-7)13-11)15-14-8-5-3-2-4-6-8/h2-6H,11H2,1H3,(H,12,13). The molecule has 0 aliphatic heterocycles. The Balaban J connectivity index is 2.20. The third-order valence-corrected chi connectivity index (χ3v) is 2.88. The van der Waals surface area contributed by atoms with Gasteiger partial charge in [-0.25, -0.2) is 10.8 Å². The number of anilines is 1. The molecule has 0 bridgehead atoms. The van der Waals surface area contributed by atoms with E-state index in [0.717, 1.165) is 16.4 Å². The Morgan fingerprint density at radius 2 is 2.00 bits per heavy atom. The fourth-order valence-corrected chi connectivity index (χ4v) is 1.84. The second-order valence-electron chi connectivity index (χ2n) is 3.09. The Labute approximate surface area is 97.0 Å². The largest absolute Gasteiger partial charge is 0.300 e. The van der Waals surface area contributed by atoms with Gasteiger partial charge in [0.25, 0.3) is 0 Å². The highest BCUT2D eigenvalue weighted by atomic mass is 32.1. The number of hydrogen-bond donors (Lipinski definition) is 2. The molecule has 0 saturated heterocycles. The average molecular weight is 233 g/mol. The number of benzene rings is 1. The molecule has 0 fully saturated rings. The summed E-state index contributed by atoms with van der Waals surface area (Å²) in [5.74, 6) is 5.26. The van der Waals surface area contributed by atoms with Crippen molar-refractivity contribution in [3.63, 3.8) is 0 Å². The van der Waals surface area contributed by atoms with Crippen molar-refractivity contribution in [3.8, 4) is 0 Å². The molecule has 0 aliphatic rings. The van der Waals surface area contributed by atoms with Gasteiger partial charge in [-0.1, -0.05) is 29.5 Å². The van der Waals surface area contributed by atoms with Gasteiger partial charge in [0.2, 0.25) is 0 Å². The van der Waals surface area contributed by atoms with Gasteiger partial charge in [0.15, 0.2) is 10.1 Å².